The first-order chi connectivity index (χ1) is 13.0. The van der Waals surface area contributed by atoms with Gasteiger partial charge in [-0.2, -0.15) is 0 Å². The third-order valence-corrected chi connectivity index (χ3v) is 3.94. The molecular formula is C20H22ClN3O3. The number of anilines is 1. The van der Waals surface area contributed by atoms with Crippen LogP contribution in [0, 0.1) is 0 Å². The molecule has 3 N–H and O–H groups in total. The lowest BCUT2D eigenvalue weighted by Crippen LogP contribution is -2.27. The molecule has 0 unspecified atom stereocenters. The molecule has 0 aliphatic carbocycles. The van der Waals surface area contributed by atoms with Gasteiger partial charge in [-0.15, -0.1) is 0 Å². The Morgan fingerprint density at radius 1 is 0.889 bits per heavy atom. The van der Waals surface area contributed by atoms with Gasteiger partial charge in [0, 0.05) is 41.3 Å². The molecule has 2 aromatic rings. The van der Waals surface area contributed by atoms with E-state index in [-0.39, 0.29) is 30.7 Å². The number of rotatable bonds is 8. The molecule has 142 valence electrons. The van der Waals surface area contributed by atoms with Crippen molar-refractivity contribution in [2.75, 3.05) is 18.4 Å². The van der Waals surface area contributed by atoms with Crippen LogP contribution in [-0.4, -0.2) is 30.8 Å². The van der Waals surface area contributed by atoms with Crippen LogP contribution in [0.4, 0.5) is 5.69 Å². The fourth-order valence-electron chi connectivity index (χ4n) is 2.30. The van der Waals surface area contributed by atoms with Gasteiger partial charge in [0.1, 0.15) is 0 Å². The summed E-state index contributed by atoms with van der Waals surface area (Å²) in [5.74, 6) is -0.699. The minimum atomic E-state index is -0.269. The molecule has 6 nitrogen and oxygen atoms in total. The molecule has 0 bridgehead atoms. The van der Waals surface area contributed by atoms with E-state index in [0.717, 1.165) is 6.42 Å². The summed E-state index contributed by atoms with van der Waals surface area (Å²) >= 11 is 5.79. The molecule has 2 rings (SSSR count). The van der Waals surface area contributed by atoms with Crippen LogP contribution in [0.3, 0.4) is 0 Å². The van der Waals surface area contributed by atoms with Crippen LogP contribution >= 0.6 is 11.6 Å². The highest BCUT2D eigenvalue weighted by molar-refractivity contribution is 6.30. The molecule has 0 atom stereocenters. The van der Waals surface area contributed by atoms with E-state index >= 15 is 0 Å². The van der Waals surface area contributed by atoms with Gasteiger partial charge in [-0.3, -0.25) is 14.4 Å². The van der Waals surface area contributed by atoms with Crippen LogP contribution in [0.25, 0.3) is 0 Å². The predicted molar refractivity (Wildman–Crippen MR) is 106 cm³/mol. The molecule has 0 fully saturated rings. The molecule has 2 aromatic carbocycles. The summed E-state index contributed by atoms with van der Waals surface area (Å²) in [5.41, 5.74) is 1.50. The van der Waals surface area contributed by atoms with Crippen LogP contribution in [0.2, 0.25) is 5.02 Å². The Labute approximate surface area is 163 Å². The lowest BCUT2D eigenvalue weighted by Gasteiger charge is -2.09. The van der Waals surface area contributed by atoms with Gasteiger partial charge in [-0.05, 0) is 48.9 Å². The Balaban J connectivity index is 1.81. The zero-order valence-corrected chi connectivity index (χ0v) is 15.8. The largest absolute Gasteiger partial charge is 0.352 e. The van der Waals surface area contributed by atoms with Gasteiger partial charge < -0.3 is 16.0 Å². The summed E-state index contributed by atoms with van der Waals surface area (Å²) in [6.45, 7) is 2.77. The van der Waals surface area contributed by atoms with Gasteiger partial charge in [0.05, 0.1) is 0 Å². The van der Waals surface area contributed by atoms with Gasteiger partial charge in [0.25, 0.3) is 11.8 Å². The van der Waals surface area contributed by atoms with Gasteiger partial charge in [-0.25, -0.2) is 0 Å². The van der Waals surface area contributed by atoms with Crippen molar-refractivity contribution in [3.05, 3.63) is 64.7 Å². The van der Waals surface area contributed by atoms with Crippen molar-refractivity contribution in [2.45, 2.75) is 19.8 Å². The first-order valence-corrected chi connectivity index (χ1v) is 9.09. The van der Waals surface area contributed by atoms with E-state index < -0.39 is 0 Å². The highest BCUT2D eigenvalue weighted by atomic mass is 35.5. The Morgan fingerprint density at radius 3 is 2.26 bits per heavy atom. The summed E-state index contributed by atoms with van der Waals surface area (Å²) in [7, 11) is 0. The monoisotopic (exact) mass is 387 g/mol. The molecule has 0 heterocycles. The summed E-state index contributed by atoms with van der Waals surface area (Å²) in [6, 6.07) is 13.2. The number of benzene rings is 2. The number of nitrogens with one attached hydrogen (secondary N) is 3. The fraction of sp³-hybridized carbons (Fsp3) is 0.250. The second-order valence-electron chi connectivity index (χ2n) is 5.90. The summed E-state index contributed by atoms with van der Waals surface area (Å²) in [5, 5.41) is 8.75. The van der Waals surface area contributed by atoms with E-state index in [0.29, 0.717) is 28.4 Å². The van der Waals surface area contributed by atoms with Gasteiger partial charge in [0.2, 0.25) is 5.91 Å². The molecular weight excluding hydrogens is 366 g/mol. The normalized spacial score (nSPS) is 10.1. The number of halogens is 1. The minimum absolute atomic E-state index is 0.117. The van der Waals surface area contributed by atoms with Crippen molar-refractivity contribution in [2.24, 2.45) is 0 Å². The molecule has 0 aliphatic rings. The van der Waals surface area contributed by atoms with Crippen molar-refractivity contribution in [1.29, 1.82) is 0 Å². The van der Waals surface area contributed by atoms with Crippen LogP contribution in [0.5, 0.6) is 0 Å². The molecule has 3 amide bonds. The maximum Gasteiger partial charge on any atom is 0.251 e. The third-order valence-electron chi connectivity index (χ3n) is 3.69. The maximum absolute atomic E-state index is 12.0. The van der Waals surface area contributed by atoms with Gasteiger partial charge in [0.15, 0.2) is 0 Å². The average Bonchev–Trinajstić information content (AvgIpc) is 2.66. The quantitative estimate of drug-likeness (QED) is 0.649. The van der Waals surface area contributed by atoms with Crippen LogP contribution < -0.4 is 16.0 Å². The lowest BCUT2D eigenvalue weighted by molar-refractivity contribution is -0.116. The predicted octanol–water partition coefficient (Wildman–Crippen LogP) is 3.24. The zero-order chi connectivity index (χ0) is 19.6. The molecule has 7 heteroatoms. The standard InChI is InChI=1S/C20H22ClN3O3/c1-2-11-22-20(27)15-4-3-5-17(13-15)24-18(25)10-12-23-19(26)14-6-8-16(21)9-7-14/h3-9,13H,2,10-12H2,1H3,(H,22,27)(H,23,26)(H,24,25). The Morgan fingerprint density at radius 2 is 1.56 bits per heavy atom. The van der Waals surface area contributed by atoms with Crippen LogP contribution in [-0.2, 0) is 4.79 Å². The average molecular weight is 388 g/mol. The van der Waals surface area contributed by atoms with Crippen LogP contribution in [0.15, 0.2) is 48.5 Å². The second kappa shape index (κ2) is 10.3. The molecule has 0 saturated carbocycles. The third kappa shape index (κ3) is 6.75. The Bertz CT molecular complexity index is 806. The minimum Gasteiger partial charge on any atom is -0.352 e. The fourth-order valence-corrected chi connectivity index (χ4v) is 2.42. The number of carbonyl (C=O) groups excluding carboxylic acids is 3. The zero-order valence-electron chi connectivity index (χ0n) is 15.0. The van der Waals surface area contributed by atoms with E-state index in [1.54, 1.807) is 48.5 Å². The number of amides is 3. The smallest absolute Gasteiger partial charge is 0.251 e. The van der Waals surface area contributed by atoms with Crippen molar-refractivity contribution in [3.8, 4) is 0 Å². The topological polar surface area (TPSA) is 87.3 Å². The molecule has 0 saturated heterocycles. The first kappa shape index (κ1) is 20.5. The van der Waals surface area contributed by atoms with Gasteiger partial charge >= 0.3 is 0 Å². The Hall–Kier alpha value is -2.86. The van der Waals surface area contributed by atoms with E-state index in [1.165, 1.54) is 0 Å². The number of carbonyl (C=O) groups is 3. The molecule has 0 aromatic heterocycles. The number of hydrogen-bond acceptors (Lipinski definition) is 3. The molecule has 0 radical (unpaired) electrons. The van der Waals surface area contributed by atoms with Gasteiger partial charge in [-0.1, -0.05) is 24.6 Å². The SMILES string of the molecule is CCCNC(=O)c1cccc(NC(=O)CCNC(=O)c2ccc(Cl)cc2)c1. The second-order valence-corrected chi connectivity index (χ2v) is 6.33. The maximum atomic E-state index is 12.0. The summed E-state index contributed by atoms with van der Waals surface area (Å²) in [6.07, 6.45) is 0.968. The van der Waals surface area contributed by atoms with E-state index in [1.807, 2.05) is 6.92 Å². The Kier molecular flexibility index (Phi) is 7.82. The van der Waals surface area contributed by atoms with E-state index in [9.17, 15) is 14.4 Å². The van der Waals surface area contributed by atoms with Crippen molar-refractivity contribution in [3.63, 3.8) is 0 Å². The molecule has 27 heavy (non-hydrogen) atoms. The molecule has 0 aliphatic heterocycles. The number of hydrogen-bond donors (Lipinski definition) is 3. The van der Waals surface area contributed by atoms with E-state index in [2.05, 4.69) is 16.0 Å². The van der Waals surface area contributed by atoms with Crippen LogP contribution in [0.1, 0.15) is 40.5 Å². The van der Waals surface area contributed by atoms with Crippen molar-refractivity contribution in [1.82, 2.24) is 10.6 Å². The molecule has 0 spiro atoms. The summed E-state index contributed by atoms with van der Waals surface area (Å²) < 4.78 is 0. The van der Waals surface area contributed by atoms with E-state index in [4.69, 9.17) is 11.6 Å². The highest BCUT2D eigenvalue weighted by Crippen LogP contribution is 2.11. The first-order valence-electron chi connectivity index (χ1n) is 8.71. The highest BCUT2D eigenvalue weighted by Gasteiger charge is 2.09. The lowest BCUT2D eigenvalue weighted by atomic mass is 10.2. The van der Waals surface area contributed by atoms with Crippen molar-refractivity contribution < 1.29 is 14.4 Å². The summed E-state index contributed by atoms with van der Waals surface area (Å²) in [4.78, 5) is 36.0. The van der Waals surface area contributed by atoms with Crippen molar-refractivity contribution >= 4 is 35.0 Å².